The van der Waals surface area contributed by atoms with Crippen LogP contribution in [0.2, 0.25) is 0 Å². The van der Waals surface area contributed by atoms with Crippen molar-refractivity contribution in [2.75, 3.05) is 0 Å². The fraction of sp³-hybridized carbons (Fsp3) is 0.0909. The summed E-state index contributed by atoms with van der Waals surface area (Å²) in [6.07, 6.45) is 5.89. The molecule has 2 aliphatic carbocycles. The molecule has 0 N–H and O–H groups in total. The van der Waals surface area contributed by atoms with E-state index in [9.17, 15) is 0 Å². The molecule has 108 valence electrons. The Hall–Kier alpha value is -1.72. The van der Waals surface area contributed by atoms with Gasteiger partial charge in [0, 0.05) is 0 Å². The Bertz CT molecular complexity index is 936. The summed E-state index contributed by atoms with van der Waals surface area (Å²) >= 11 is -0.696. The maximum atomic E-state index is 2.44. The van der Waals surface area contributed by atoms with E-state index >= 15 is 0 Å². The average Bonchev–Trinajstić information content (AvgIpc) is 3.17. The number of benzene rings is 3. The zero-order valence-electron chi connectivity index (χ0n) is 12.8. The Morgan fingerprint density at radius 3 is 2.61 bits per heavy atom. The number of allylic oxidation sites excluding steroid dienone is 1. The summed E-state index contributed by atoms with van der Waals surface area (Å²) in [4.78, 5) is 0. The first kappa shape index (κ1) is 13.7. The molecule has 0 saturated carbocycles. The van der Waals surface area contributed by atoms with E-state index in [0.717, 1.165) is 6.42 Å². The van der Waals surface area contributed by atoms with Gasteiger partial charge in [-0.05, 0) is 0 Å². The van der Waals surface area contributed by atoms with E-state index in [1.807, 2.05) is 0 Å². The molecule has 0 aromatic heterocycles. The Kier molecular flexibility index (Phi) is 3.23. The molecule has 0 saturated heterocycles. The third-order valence-electron chi connectivity index (χ3n) is 4.96. The molecule has 1 atom stereocenters. The van der Waals surface area contributed by atoms with E-state index in [0.29, 0.717) is 3.63 Å². The van der Waals surface area contributed by atoms with Crippen LogP contribution in [-0.2, 0) is 29.7 Å². The van der Waals surface area contributed by atoms with Crippen LogP contribution in [0, 0.1) is 0 Å². The summed E-state index contributed by atoms with van der Waals surface area (Å²) in [5, 5.41) is 0. The van der Waals surface area contributed by atoms with E-state index in [1.165, 1.54) is 22.3 Å². The summed E-state index contributed by atoms with van der Waals surface area (Å²) in [5.41, 5.74) is 9.01. The van der Waals surface area contributed by atoms with Gasteiger partial charge < -0.3 is 0 Å². The van der Waals surface area contributed by atoms with Gasteiger partial charge in [0.2, 0.25) is 0 Å². The van der Waals surface area contributed by atoms with Crippen molar-refractivity contribution in [1.82, 2.24) is 0 Å². The van der Waals surface area contributed by atoms with Gasteiger partial charge in [0.1, 0.15) is 0 Å². The Morgan fingerprint density at radius 1 is 0.783 bits per heavy atom. The molecule has 23 heavy (non-hydrogen) atoms. The molecule has 0 amide bonds. The molecule has 0 spiro atoms. The summed E-state index contributed by atoms with van der Waals surface area (Å²) in [6.45, 7) is 0. The number of fused-ring (bicyclic) bond motifs is 4. The molecular formula is C22H16Zr. The third kappa shape index (κ3) is 2.22. The minimum atomic E-state index is -0.696. The predicted octanol–water partition coefficient (Wildman–Crippen LogP) is 4.73. The van der Waals surface area contributed by atoms with Crippen molar-refractivity contribution < 1.29 is 23.2 Å². The van der Waals surface area contributed by atoms with Gasteiger partial charge in [-0.2, -0.15) is 0 Å². The summed E-state index contributed by atoms with van der Waals surface area (Å²) in [6, 6.07) is 24.8. The molecule has 0 bridgehead atoms. The van der Waals surface area contributed by atoms with Crippen LogP contribution in [0.1, 0.15) is 25.9 Å². The van der Waals surface area contributed by atoms with Crippen LogP contribution in [0.15, 0.2) is 72.8 Å². The van der Waals surface area contributed by atoms with Crippen molar-refractivity contribution in [3.63, 3.8) is 0 Å². The van der Waals surface area contributed by atoms with Crippen molar-refractivity contribution in [2.24, 2.45) is 0 Å². The molecule has 0 heterocycles. The Labute approximate surface area is 148 Å². The van der Waals surface area contributed by atoms with Crippen molar-refractivity contribution in [3.8, 4) is 11.1 Å². The van der Waals surface area contributed by atoms with E-state index < -0.39 is 23.2 Å². The average molecular weight is 372 g/mol. The van der Waals surface area contributed by atoms with Gasteiger partial charge in [0.15, 0.2) is 0 Å². The molecule has 0 fully saturated rings. The molecule has 0 nitrogen and oxygen atoms in total. The van der Waals surface area contributed by atoms with Crippen molar-refractivity contribution in [2.45, 2.75) is 10.0 Å². The minimum absolute atomic E-state index is 0.685. The molecule has 5 rings (SSSR count). The van der Waals surface area contributed by atoms with Gasteiger partial charge in [-0.3, -0.25) is 0 Å². The van der Waals surface area contributed by atoms with Crippen LogP contribution in [0.3, 0.4) is 0 Å². The SMILES string of the molecule is C1=C[CH]([Zr][c]2cccc3c2Cc2ccccc2-3)c2ccccc21. The van der Waals surface area contributed by atoms with Gasteiger partial charge in [-0.15, -0.1) is 0 Å². The van der Waals surface area contributed by atoms with Gasteiger partial charge in [0.05, 0.1) is 0 Å². The quantitative estimate of drug-likeness (QED) is 0.478. The molecule has 0 aliphatic heterocycles. The number of hydrogen-bond acceptors (Lipinski definition) is 0. The molecule has 3 aromatic rings. The standard InChI is InChI=1S/C13H9.C9H7.Zr/c1-3-7-12-10(5-1)9-11-6-2-4-8-13(11)12;1-2-5-9-7-3-6-8(9)4-1;/h1-5,7-8H,9H2;1-7H;. The van der Waals surface area contributed by atoms with Crippen LogP contribution in [-0.4, -0.2) is 0 Å². The van der Waals surface area contributed by atoms with E-state index in [-0.39, 0.29) is 0 Å². The second-order valence-electron chi connectivity index (χ2n) is 6.28. The monoisotopic (exact) mass is 370 g/mol. The van der Waals surface area contributed by atoms with Gasteiger partial charge >= 0.3 is 149 Å². The van der Waals surface area contributed by atoms with Crippen LogP contribution in [0.25, 0.3) is 17.2 Å². The fourth-order valence-electron chi connectivity index (χ4n) is 3.84. The summed E-state index contributed by atoms with van der Waals surface area (Å²) < 4.78 is 2.36. The van der Waals surface area contributed by atoms with E-state index in [2.05, 4.69) is 78.9 Å². The second kappa shape index (κ2) is 5.43. The van der Waals surface area contributed by atoms with Crippen molar-refractivity contribution >= 4 is 9.35 Å². The van der Waals surface area contributed by atoms with E-state index in [1.54, 1.807) is 14.4 Å². The summed E-state index contributed by atoms with van der Waals surface area (Å²) in [7, 11) is 0. The van der Waals surface area contributed by atoms with Gasteiger partial charge in [-0.1, -0.05) is 0 Å². The first-order valence-corrected chi connectivity index (χ1v) is 10.8. The van der Waals surface area contributed by atoms with Crippen LogP contribution in [0.4, 0.5) is 0 Å². The molecule has 2 aliphatic rings. The normalized spacial score (nSPS) is 16.8. The van der Waals surface area contributed by atoms with Crippen LogP contribution in [0.5, 0.6) is 0 Å². The zero-order chi connectivity index (χ0) is 15.2. The number of hydrogen-bond donors (Lipinski definition) is 0. The summed E-state index contributed by atoms with van der Waals surface area (Å²) in [5.74, 6) is 0. The predicted molar refractivity (Wildman–Crippen MR) is 92.5 cm³/mol. The van der Waals surface area contributed by atoms with E-state index in [4.69, 9.17) is 0 Å². The van der Waals surface area contributed by atoms with Crippen LogP contribution < -0.4 is 3.27 Å². The Balaban J connectivity index is 1.54. The molecule has 3 aromatic carbocycles. The Morgan fingerprint density at radius 2 is 1.61 bits per heavy atom. The van der Waals surface area contributed by atoms with Gasteiger partial charge in [0.25, 0.3) is 0 Å². The topological polar surface area (TPSA) is 0 Å². The number of rotatable bonds is 2. The van der Waals surface area contributed by atoms with Crippen LogP contribution >= 0.6 is 0 Å². The fourth-order valence-corrected chi connectivity index (χ4v) is 7.61. The third-order valence-corrected chi connectivity index (χ3v) is 8.88. The van der Waals surface area contributed by atoms with Crippen molar-refractivity contribution in [3.05, 3.63) is 95.1 Å². The first-order valence-electron chi connectivity index (χ1n) is 8.14. The first-order chi connectivity index (χ1) is 11.4. The molecule has 1 heteroatoms. The van der Waals surface area contributed by atoms with Gasteiger partial charge in [-0.25, -0.2) is 0 Å². The molecular weight excluding hydrogens is 355 g/mol. The second-order valence-corrected chi connectivity index (χ2v) is 9.84. The maximum absolute atomic E-state index is 2.44. The zero-order valence-corrected chi connectivity index (χ0v) is 15.2. The van der Waals surface area contributed by atoms with Crippen molar-refractivity contribution in [1.29, 1.82) is 0 Å². The molecule has 0 radical (unpaired) electrons. The molecule has 1 unspecified atom stereocenters.